The average Bonchev–Trinajstić information content (AvgIpc) is 3.42. The number of rotatable bonds is 6. The molecule has 168 valence electrons. The van der Waals surface area contributed by atoms with Gasteiger partial charge in [0.2, 0.25) is 0 Å². The summed E-state index contributed by atoms with van der Waals surface area (Å²) in [7, 11) is 0. The van der Waals surface area contributed by atoms with Crippen molar-refractivity contribution in [1.82, 2.24) is 15.1 Å². The minimum Gasteiger partial charge on any atom is -0.489 e. The summed E-state index contributed by atoms with van der Waals surface area (Å²) < 4.78 is 8.33. The van der Waals surface area contributed by atoms with Crippen LogP contribution in [0.15, 0.2) is 90.0 Å². The van der Waals surface area contributed by atoms with Crippen LogP contribution in [0.1, 0.15) is 16.7 Å². The number of aromatic nitrogens is 2. The number of amides is 1. The van der Waals surface area contributed by atoms with Gasteiger partial charge in [0, 0.05) is 17.3 Å². The molecule has 4 aromatic rings. The van der Waals surface area contributed by atoms with E-state index in [0.717, 1.165) is 33.8 Å². The number of para-hydroxylation sites is 1. The first-order valence-electron chi connectivity index (χ1n) is 10.7. The number of aryl methyl sites for hydroxylation is 1. The molecule has 1 N–H and O–H groups in total. The summed E-state index contributed by atoms with van der Waals surface area (Å²) in [5.41, 5.74) is 5.73. The van der Waals surface area contributed by atoms with Gasteiger partial charge in [-0.05, 0) is 42.8 Å². The number of thioether (sulfide) groups is 1. The Kier molecular flexibility index (Phi) is 6.29. The summed E-state index contributed by atoms with van der Waals surface area (Å²) >= 11 is 6.40. The van der Waals surface area contributed by atoms with Gasteiger partial charge in [0.1, 0.15) is 22.4 Å². The molecule has 1 saturated heterocycles. The monoisotopic (exact) mass is 483 g/mol. The third kappa shape index (κ3) is 4.95. The van der Waals surface area contributed by atoms with E-state index in [1.54, 1.807) is 0 Å². The first kappa shape index (κ1) is 22.1. The van der Waals surface area contributed by atoms with E-state index < -0.39 is 0 Å². The normalized spacial score (nSPS) is 14.4. The quantitative estimate of drug-likeness (QED) is 0.273. The van der Waals surface area contributed by atoms with Crippen LogP contribution < -0.4 is 10.1 Å². The van der Waals surface area contributed by atoms with Crippen LogP contribution >= 0.6 is 24.0 Å². The highest BCUT2D eigenvalue weighted by Crippen LogP contribution is 2.32. The van der Waals surface area contributed by atoms with Crippen molar-refractivity contribution in [2.24, 2.45) is 0 Å². The fourth-order valence-electron chi connectivity index (χ4n) is 3.58. The van der Waals surface area contributed by atoms with Crippen molar-refractivity contribution in [1.29, 1.82) is 0 Å². The molecule has 1 amide bonds. The van der Waals surface area contributed by atoms with Gasteiger partial charge in [0.15, 0.2) is 0 Å². The molecule has 7 heteroatoms. The van der Waals surface area contributed by atoms with Crippen LogP contribution in [0.25, 0.3) is 23.0 Å². The molecule has 5 nitrogen and oxygen atoms in total. The number of nitrogens with zero attached hydrogens (tertiary/aromatic N) is 2. The highest BCUT2D eigenvalue weighted by atomic mass is 32.2. The lowest BCUT2D eigenvalue weighted by molar-refractivity contribution is -0.115. The smallest absolute Gasteiger partial charge is 0.263 e. The Hall–Kier alpha value is -3.68. The zero-order valence-electron chi connectivity index (χ0n) is 18.4. The Bertz CT molecular complexity index is 1390. The maximum absolute atomic E-state index is 12.3. The van der Waals surface area contributed by atoms with E-state index in [2.05, 4.69) is 36.5 Å². The molecule has 34 heavy (non-hydrogen) atoms. The van der Waals surface area contributed by atoms with Crippen LogP contribution in [0.2, 0.25) is 0 Å². The van der Waals surface area contributed by atoms with Gasteiger partial charge in [0.05, 0.1) is 10.6 Å². The summed E-state index contributed by atoms with van der Waals surface area (Å²) in [6.07, 6.45) is 3.76. The number of benzene rings is 3. The Morgan fingerprint density at radius 2 is 1.85 bits per heavy atom. The van der Waals surface area contributed by atoms with Crippen LogP contribution in [-0.2, 0) is 11.4 Å². The predicted octanol–water partition coefficient (Wildman–Crippen LogP) is 5.92. The number of carbonyl (C=O) groups excluding carboxylic acids is 1. The fraction of sp³-hybridized carbons (Fsp3) is 0.0741. The van der Waals surface area contributed by atoms with Crippen molar-refractivity contribution in [2.75, 3.05) is 0 Å². The van der Waals surface area contributed by atoms with Gasteiger partial charge in [-0.15, -0.1) is 0 Å². The Morgan fingerprint density at radius 3 is 2.59 bits per heavy atom. The molecule has 1 fully saturated rings. The minimum absolute atomic E-state index is 0.191. The van der Waals surface area contributed by atoms with Crippen molar-refractivity contribution < 1.29 is 9.53 Å². The molecule has 0 saturated carbocycles. The van der Waals surface area contributed by atoms with Crippen molar-refractivity contribution >= 4 is 40.3 Å². The molecule has 0 aliphatic carbocycles. The van der Waals surface area contributed by atoms with E-state index >= 15 is 0 Å². The van der Waals surface area contributed by atoms with Crippen molar-refractivity contribution in [3.63, 3.8) is 0 Å². The molecule has 1 aromatic heterocycles. The summed E-state index contributed by atoms with van der Waals surface area (Å²) in [4.78, 5) is 12.8. The van der Waals surface area contributed by atoms with Gasteiger partial charge >= 0.3 is 0 Å². The number of hydrogen-bond acceptors (Lipinski definition) is 5. The van der Waals surface area contributed by atoms with E-state index in [1.807, 2.05) is 71.6 Å². The van der Waals surface area contributed by atoms with Crippen molar-refractivity contribution in [2.45, 2.75) is 13.5 Å². The van der Waals surface area contributed by atoms with Gasteiger partial charge in [-0.3, -0.25) is 4.79 Å². The SMILES string of the molecule is Cc1ccc(COc2cccc(-c3nn(-c4ccccc4)cc3C=C3SC(=S)NC3=O)c2)cc1. The maximum Gasteiger partial charge on any atom is 0.263 e. The maximum atomic E-state index is 12.3. The molecule has 5 rings (SSSR count). The van der Waals surface area contributed by atoms with E-state index in [0.29, 0.717) is 15.8 Å². The highest BCUT2D eigenvalue weighted by molar-refractivity contribution is 8.26. The Morgan fingerprint density at radius 1 is 1.06 bits per heavy atom. The van der Waals surface area contributed by atoms with E-state index in [4.69, 9.17) is 22.1 Å². The highest BCUT2D eigenvalue weighted by Gasteiger charge is 2.23. The molecule has 3 aromatic carbocycles. The average molecular weight is 484 g/mol. The van der Waals surface area contributed by atoms with Crippen LogP contribution in [0.3, 0.4) is 0 Å². The van der Waals surface area contributed by atoms with E-state index in [1.165, 1.54) is 17.3 Å². The third-order valence-electron chi connectivity index (χ3n) is 5.33. The molecule has 0 bridgehead atoms. The third-order valence-corrected chi connectivity index (χ3v) is 6.49. The van der Waals surface area contributed by atoms with Gasteiger partial charge in [-0.2, -0.15) is 5.10 Å². The summed E-state index contributed by atoms with van der Waals surface area (Å²) in [6.45, 7) is 2.55. The molecule has 0 spiro atoms. The van der Waals surface area contributed by atoms with Gasteiger partial charge in [-0.1, -0.05) is 84.1 Å². The van der Waals surface area contributed by atoms with Crippen molar-refractivity contribution in [3.8, 4) is 22.7 Å². The minimum atomic E-state index is -0.191. The molecular formula is C27H21N3O2S2. The van der Waals surface area contributed by atoms with Crippen molar-refractivity contribution in [3.05, 3.63) is 107 Å². The van der Waals surface area contributed by atoms with Crippen LogP contribution in [0.5, 0.6) is 5.75 Å². The van der Waals surface area contributed by atoms with Gasteiger partial charge in [-0.25, -0.2) is 4.68 Å². The van der Waals surface area contributed by atoms with E-state index in [-0.39, 0.29) is 5.91 Å². The zero-order chi connectivity index (χ0) is 23.5. The lowest BCUT2D eigenvalue weighted by Gasteiger charge is -2.08. The molecule has 0 radical (unpaired) electrons. The second-order valence-electron chi connectivity index (χ2n) is 7.87. The molecule has 1 aliphatic heterocycles. The molecular weight excluding hydrogens is 462 g/mol. The Balaban J connectivity index is 1.49. The number of ether oxygens (including phenoxy) is 1. The van der Waals surface area contributed by atoms with Gasteiger partial charge < -0.3 is 10.1 Å². The summed E-state index contributed by atoms with van der Waals surface area (Å²) in [6, 6.07) is 26.0. The second kappa shape index (κ2) is 9.67. The van der Waals surface area contributed by atoms with Crippen LogP contribution in [-0.4, -0.2) is 20.0 Å². The van der Waals surface area contributed by atoms with Crippen LogP contribution in [0.4, 0.5) is 0 Å². The predicted molar refractivity (Wildman–Crippen MR) is 141 cm³/mol. The zero-order valence-corrected chi connectivity index (χ0v) is 20.0. The Labute approximate surface area is 207 Å². The van der Waals surface area contributed by atoms with E-state index in [9.17, 15) is 4.79 Å². The molecule has 0 unspecified atom stereocenters. The van der Waals surface area contributed by atoms with Crippen LogP contribution in [0, 0.1) is 6.92 Å². The first-order valence-corrected chi connectivity index (χ1v) is 12.0. The number of nitrogens with one attached hydrogen (secondary N) is 1. The van der Waals surface area contributed by atoms with Gasteiger partial charge in [0.25, 0.3) is 5.91 Å². The summed E-state index contributed by atoms with van der Waals surface area (Å²) in [5.74, 6) is 0.559. The molecule has 0 atom stereocenters. The largest absolute Gasteiger partial charge is 0.489 e. The number of carbonyl (C=O) groups is 1. The fourth-order valence-corrected chi connectivity index (χ4v) is 4.61. The molecule has 2 heterocycles. The topological polar surface area (TPSA) is 56.1 Å². The second-order valence-corrected chi connectivity index (χ2v) is 9.59. The first-order chi connectivity index (χ1) is 16.5. The lowest BCUT2D eigenvalue weighted by atomic mass is 10.1. The summed E-state index contributed by atoms with van der Waals surface area (Å²) in [5, 5.41) is 7.52. The standard InChI is InChI=1S/C27H21N3O2S2/c1-18-10-12-19(13-11-18)17-32-23-9-5-6-20(14-23)25-21(15-24-26(31)28-27(33)34-24)16-30(29-25)22-7-3-2-4-8-22/h2-16H,17H2,1H3,(H,28,31,33). The molecule has 1 aliphatic rings. The number of thiocarbonyl (C=S) groups is 1. The lowest BCUT2D eigenvalue weighted by Crippen LogP contribution is -2.17. The number of hydrogen-bond donors (Lipinski definition) is 1.